The maximum Gasteiger partial charge on any atom is 0.201 e. The highest BCUT2D eigenvalue weighted by Crippen LogP contribution is 2.21. The number of nitrogens with one attached hydrogen (secondary N) is 1. The fourth-order valence-corrected chi connectivity index (χ4v) is 2.80. The van der Waals surface area contributed by atoms with Gasteiger partial charge in [0.1, 0.15) is 11.5 Å². The zero-order chi connectivity index (χ0) is 17.8. The monoisotopic (exact) mass is 369 g/mol. The Bertz CT molecular complexity index is 761. The number of benzene rings is 1. The summed E-state index contributed by atoms with van der Waals surface area (Å²) in [5.41, 5.74) is 1.16. The fourth-order valence-electron chi connectivity index (χ4n) is 2.62. The molecule has 0 atom stereocenters. The molecule has 1 aliphatic heterocycles. The second-order valence-electron chi connectivity index (χ2n) is 5.77. The molecule has 10 heteroatoms. The van der Waals surface area contributed by atoms with Crippen molar-refractivity contribution in [3.8, 4) is 0 Å². The van der Waals surface area contributed by atoms with Gasteiger partial charge in [-0.2, -0.15) is 0 Å². The van der Waals surface area contributed by atoms with E-state index in [9.17, 15) is 14.7 Å². The summed E-state index contributed by atoms with van der Waals surface area (Å²) in [6, 6.07) is 4.01. The third-order valence-electron chi connectivity index (χ3n) is 3.99. The summed E-state index contributed by atoms with van der Waals surface area (Å²) in [6.07, 6.45) is 1.10. The molecule has 25 heavy (non-hydrogen) atoms. The molecule has 1 aromatic carbocycles. The van der Waals surface area contributed by atoms with Crippen LogP contribution in [0.5, 0.6) is 0 Å². The summed E-state index contributed by atoms with van der Waals surface area (Å²) < 4.78 is 18.0. The second-order valence-corrected chi connectivity index (χ2v) is 6.18. The van der Waals surface area contributed by atoms with Gasteiger partial charge in [-0.3, -0.25) is 4.90 Å². The average molecular weight is 370 g/mol. The summed E-state index contributed by atoms with van der Waals surface area (Å²) >= 11 is 5.75. The number of nitrogens with zero attached hydrogens (tertiary/aromatic N) is 4. The number of oxime groups is 1. The van der Waals surface area contributed by atoms with Gasteiger partial charge in [0.2, 0.25) is 5.84 Å². The molecule has 3 rings (SSSR count). The topological polar surface area (TPSA) is 107 Å². The first-order chi connectivity index (χ1) is 12.1. The van der Waals surface area contributed by atoms with E-state index in [2.05, 4.69) is 25.7 Å². The molecule has 0 amide bonds. The van der Waals surface area contributed by atoms with Crippen molar-refractivity contribution in [3.05, 3.63) is 40.4 Å². The zero-order valence-corrected chi connectivity index (χ0v) is 13.9. The Balaban J connectivity index is 1.73. The Hall–Kier alpha value is -2.23. The van der Waals surface area contributed by atoms with E-state index in [1.165, 1.54) is 18.2 Å². The van der Waals surface area contributed by atoms with Crippen molar-refractivity contribution in [1.29, 1.82) is 0 Å². The standard InChI is InChI=1S/C15H17ClFN5O3/c16-11-7-9(1-2-12(11)17)18-15(19-24)14-13(20-25-21-14)8-22-5-3-10(23)4-6-22/h1-2,7,10,23-24H,3-6,8H2,(H,18,19). The van der Waals surface area contributed by atoms with Gasteiger partial charge < -0.3 is 15.6 Å². The van der Waals surface area contributed by atoms with E-state index in [1.54, 1.807) is 0 Å². The van der Waals surface area contributed by atoms with Crippen LogP contribution in [0.3, 0.4) is 0 Å². The van der Waals surface area contributed by atoms with Gasteiger partial charge in [-0.15, -0.1) is 0 Å². The maximum atomic E-state index is 13.2. The lowest BCUT2D eigenvalue weighted by Crippen LogP contribution is -2.35. The number of aliphatic hydroxyl groups is 1. The van der Waals surface area contributed by atoms with E-state index < -0.39 is 5.82 Å². The number of rotatable bonds is 4. The fraction of sp³-hybridized carbons (Fsp3) is 0.400. The zero-order valence-electron chi connectivity index (χ0n) is 13.2. The highest BCUT2D eigenvalue weighted by Gasteiger charge is 2.23. The molecule has 1 aromatic heterocycles. The van der Waals surface area contributed by atoms with Crippen LogP contribution in [0.25, 0.3) is 0 Å². The number of hydrogen-bond acceptors (Lipinski definition) is 7. The molecule has 1 aliphatic rings. The quantitative estimate of drug-likeness (QED) is 0.328. The van der Waals surface area contributed by atoms with Gasteiger partial charge in [0.15, 0.2) is 5.69 Å². The lowest BCUT2D eigenvalue weighted by atomic mass is 10.1. The smallest absolute Gasteiger partial charge is 0.201 e. The number of hydrogen-bond donors (Lipinski definition) is 3. The lowest BCUT2D eigenvalue weighted by Gasteiger charge is -2.28. The number of aromatic nitrogens is 2. The molecule has 1 fully saturated rings. The normalized spacial score (nSPS) is 17.0. The molecule has 8 nitrogen and oxygen atoms in total. The molecule has 0 bridgehead atoms. The van der Waals surface area contributed by atoms with Crippen LogP contribution in [-0.4, -0.2) is 50.6 Å². The molecule has 0 saturated carbocycles. The number of aliphatic hydroxyl groups excluding tert-OH is 1. The largest absolute Gasteiger partial charge is 0.409 e. The Morgan fingerprint density at radius 1 is 1.40 bits per heavy atom. The SMILES string of the molecule is O/N=C(/Nc1ccc(F)c(Cl)c1)c1nonc1CN1CCC(O)CC1. The Morgan fingerprint density at radius 3 is 2.84 bits per heavy atom. The van der Waals surface area contributed by atoms with E-state index in [1.807, 2.05) is 0 Å². The van der Waals surface area contributed by atoms with Crippen LogP contribution in [0.1, 0.15) is 24.2 Å². The molecule has 0 spiro atoms. The van der Waals surface area contributed by atoms with E-state index in [0.29, 0.717) is 30.8 Å². The van der Waals surface area contributed by atoms with Gasteiger partial charge >= 0.3 is 0 Å². The Morgan fingerprint density at radius 2 is 2.16 bits per heavy atom. The van der Waals surface area contributed by atoms with Gasteiger partial charge in [0.25, 0.3) is 0 Å². The lowest BCUT2D eigenvalue weighted by molar-refractivity contribution is 0.0781. The van der Waals surface area contributed by atoms with Gasteiger partial charge in [-0.1, -0.05) is 21.9 Å². The summed E-state index contributed by atoms with van der Waals surface area (Å²) in [7, 11) is 0. The van der Waals surface area contributed by atoms with Gasteiger partial charge in [0, 0.05) is 25.3 Å². The number of likely N-dealkylation sites (tertiary alicyclic amines) is 1. The first-order valence-electron chi connectivity index (χ1n) is 7.73. The molecule has 134 valence electrons. The van der Waals surface area contributed by atoms with E-state index in [0.717, 1.165) is 13.1 Å². The van der Waals surface area contributed by atoms with E-state index in [4.69, 9.17) is 16.2 Å². The van der Waals surface area contributed by atoms with Crippen LogP contribution in [0.2, 0.25) is 5.02 Å². The maximum absolute atomic E-state index is 13.2. The molecular formula is C15H17ClFN5O3. The minimum absolute atomic E-state index is 0.0102. The highest BCUT2D eigenvalue weighted by molar-refractivity contribution is 6.31. The van der Waals surface area contributed by atoms with Crippen molar-refractivity contribution >= 4 is 23.1 Å². The van der Waals surface area contributed by atoms with Crippen LogP contribution >= 0.6 is 11.6 Å². The summed E-state index contributed by atoms with van der Waals surface area (Å²) in [5.74, 6) is -0.540. The Labute approximate surface area is 147 Å². The van der Waals surface area contributed by atoms with Crippen LogP contribution in [0, 0.1) is 5.82 Å². The number of amidine groups is 1. The first-order valence-corrected chi connectivity index (χ1v) is 8.11. The number of piperidine rings is 1. The predicted octanol–water partition coefficient (Wildman–Crippen LogP) is 2.07. The van der Waals surface area contributed by atoms with Gasteiger partial charge in [-0.25, -0.2) is 9.02 Å². The highest BCUT2D eigenvalue weighted by atomic mass is 35.5. The third kappa shape index (κ3) is 4.25. The van der Waals surface area contributed by atoms with Crippen molar-refractivity contribution in [3.63, 3.8) is 0 Å². The first kappa shape index (κ1) is 17.6. The van der Waals surface area contributed by atoms with Crippen molar-refractivity contribution < 1.29 is 19.3 Å². The molecule has 1 saturated heterocycles. The molecule has 0 radical (unpaired) electrons. The van der Waals surface area contributed by atoms with Crippen molar-refractivity contribution in [2.75, 3.05) is 18.4 Å². The van der Waals surface area contributed by atoms with E-state index >= 15 is 0 Å². The molecule has 2 heterocycles. The molecular weight excluding hydrogens is 353 g/mol. The van der Waals surface area contributed by atoms with Crippen molar-refractivity contribution in [2.45, 2.75) is 25.5 Å². The van der Waals surface area contributed by atoms with Gasteiger partial charge in [0.05, 0.1) is 11.1 Å². The summed E-state index contributed by atoms with van der Waals surface area (Å²) in [6.45, 7) is 1.89. The van der Waals surface area contributed by atoms with Crippen LogP contribution in [0.15, 0.2) is 28.0 Å². The van der Waals surface area contributed by atoms with Gasteiger partial charge in [-0.05, 0) is 36.2 Å². The third-order valence-corrected chi connectivity index (χ3v) is 4.28. The number of anilines is 1. The summed E-state index contributed by atoms with van der Waals surface area (Å²) in [4.78, 5) is 2.10. The number of halogens is 2. The molecule has 3 N–H and O–H groups in total. The minimum Gasteiger partial charge on any atom is -0.409 e. The second kappa shape index (κ2) is 7.77. The molecule has 0 unspecified atom stereocenters. The van der Waals surface area contributed by atoms with Crippen LogP contribution < -0.4 is 5.32 Å². The van der Waals surface area contributed by atoms with Crippen molar-refractivity contribution in [1.82, 2.24) is 15.2 Å². The minimum atomic E-state index is -0.550. The van der Waals surface area contributed by atoms with Crippen LogP contribution in [0.4, 0.5) is 10.1 Å². The average Bonchev–Trinajstić information content (AvgIpc) is 3.06. The van der Waals surface area contributed by atoms with E-state index in [-0.39, 0.29) is 22.7 Å². The summed E-state index contributed by atoms with van der Waals surface area (Å²) in [5, 5.41) is 32.5. The molecule has 2 aromatic rings. The predicted molar refractivity (Wildman–Crippen MR) is 88.2 cm³/mol. The Kier molecular flexibility index (Phi) is 5.47. The van der Waals surface area contributed by atoms with Crippen molar-refractivity contribution in [2.24, 2.45) is 5.16 Å². The van der Waals surface area contributed by atoms with Crippen LogP contribution in [-0.2, 0) is 6.54 Å². The molecule has 0 aliphatic carbocycles.